The molecule has 1 aliphatic heterocycles. The first-order valence-corrected chi connectivity index (χ1v) is 10.3. The van der Waals surface area contributed by atoms with Crippen LogP contribution in [0.3, 0.4) is 0 Å². The smallest absolute Gasteiger partial charge is 0.261 e. The van der Waals surface area contributed by atoms with Crippen LogP contribution in [-0.4, -0.2) is 30.0 Å². The third kappa shape index (κ3) is 5.59. The number of carbonyl (C=O) groups is 1. The Labute approximate surface area is 168 Å². The first kappa shape index (κ1) is 20.4. The lowest BCUT2D eigenvalue weighted by atomic mass is 10.0. The van der Waals surface area contributed by atoms with Gasteiger partial charge in [-0.15, -0.1) is 0 Å². The fraction of sp³-hybridized carbons (Fsp3) is 0.458. The van der Waals surface area contributed by atoms with E-state index in [1.165, 1.54) is 43.5 Å². The molecular formula is C24H32N2O2. The minimum atomic E-state index is -0.533. The fourth-order valence-corrected chi connectivity index (χ4v) is 3.65. The zero-order valence-corrected chi connectivity index (χ0v) is 17.3. The maximum absolute atomic E-state index is 12.6. The Balaban J connectivity index is 1.57. The molecule has 1 heterocycles. The number of piperidine rings is 1. The highest BCUT2D eigenvalue weighted by atomic mass is 16.5. The molecule has 1 N–H and O–H groups in total. The summed E-state index contributed by atoms with van der Waals surface area (Å²) in [7, 11) is 0. The summed E-state index contributed by atoms with van der Waals surface area (Å²) in [5.74, 6) is 0.682. The van der Waals surface area contributed by atoms with Crippen molar-refractivity contribution in [1.29, 1.82) is 0 Å². The van der Waals surface area contributed by atoms with E-state index in [-0.39, 0.29) is 5.91 Å². The van der Waals surface area contributed by atoms with Crippen molar-refractivity contribution in [2.24, 2.45) is 0 Å². The predicted octanol–water partition coefficient (Wildman–Crippen LogP) is 4.37. The first-order chi connectivity index (χ1) is 13.5. The molecule has 1 atom stereocenters. The molecule has 28 heavy (non-hydrogen) atoms. The molecule has 2 aromatic carbocycles. The molecule has 2 aromatic rings. The molecule has 1 fully saturated rings. The number of ether oxygens (including phenoxy) is 1. The Bertz CT molecular complexity index is 797. The van der Waals surface area contributed by atoms with Crippen molar-refractivity contribution in [3.05, 3.63) is 64.7 Å². The summed E-state index contributed by atoms with van der Waals surface area (Å²) in [5, 5.41) is 3.05. The molecule has 0 radical (unpaired) electrons. The highest BCUT2D eigenvalue weighted by molar-refractivity contribution is 5.80. The number of hydrogen-bond acceptors (Lipinski definition) is 3. The Morgan fingerprint density at radius 1 is 1.07 bits per heavy atom. The fourth-order valence-electron chi connectivity index (χ4n) is 3.65. The van der Waals surface area contributed by atoms with Gasteiger partial charge in [0.2, 0.25) is 0 Å². The maximum Gasteiger partial charge on any atom is 0.261 e. The number of hydrogen-bond donors (Lipinski definition) is 1. The molecule has 4 heteroatoms. The molecule has 0 bridgehead atoms. The lowest BCUT2D eigenvalue weighted by Crippen LogP contribution is -2.36. The van der Waals surface area contributed by atoms with Gasteiger partial charge in [-0.2, -0.15) is 0 Å². The second-order valence-corrected chi connectivity index (χ2v) is 7.85. The lowest BCUT2D eigenvalue weighted by Gasteiger charge is -2.27. The molecule has 150 valence electrons. The van der Waals surface area contributed by atoms with Gasteiger partial charge in [0.05, 0.1) is 0 Å². The number of nitrogens with one attached hydrogen (secondary N) is 1. The van der Waals surface area contributed by atoms with E-state index in [0.717, 1.165) is 23.4 Å². The minimum Gasteiger partial charge on any atom is -0.481 e. The van der Waals surface area contributed by atoms with E-state index in [1.54, 1.807) is 6.92 Å². The SMILES string of the molecule is Cc1ccc(C)c(O[C@@H](C)C(=O)NCc2ccccc2CN2CCCCC2)c1. The number of carbonyl (C=O) groups excluding carboxylic acids is 1. The van der Waals surface area contributed by atoms with Crippen LogP contribution in [0.25, 0.3) is 0 Å². The van der Waals surface area contributed by atoms with Crippen LogP contribution in [0, 0.1) is 13.8 Å². The summed E-state index contributed by atoms with van der Waals surface area (Å²) < 4.78 is 5.91. The van der Waals surface area contributed by atoms with Crippen molar-refractivity contribution in [3.63, 3.8) is 0 Å². The number of aryl methyl sites for hydroxylation is 2. The van der Waals surface area contributed by atoms with Crippen molar-refractivity contribution in [1.82, 2.24) is 10.2 Å². The number of nitrogens with zero attached hydrogens (tertiary/aromatic N) is 1. The van der Waals surface area contributed by atoms with Crippen LogP contribution in [0.15, 0.2) is 42.5 Å². The second-order valence-electron chi connectivity index (χ2n) is 7.85. The molecule has 3 rings (SSSR count). The van der Waals surface area contributed by atoms with Gasteiger partial charge in [0, 0.05) is 13.1 Å². The number of amides is 1. The number of rotatable bonds is 7. The maximum atomic E-state index is 12.6. The lowest BCUT2D eigenvalue weighted by molar-refractivity contribution is -0.127. The zero-order valence-electron chi connectivity index (χ0n) is 17.3. The number of likely N-dealkylation sites (tertiary alicyclic amines) is 1. The zero-order chi connectivity index (χ0) is 19.9. The van der Waals surface area contributed by atoms with Crippen LogP contribution >= 0.6 is 0 Å². The van der Waals surface area contributed by atoms with Crippen molar-refractivity contribution in [3.8, 4) is 5.75 Å². The van der Waals surface area contributed by atoms with Crippen LogP contribution in [0.1, 0.15) is 48.4 Å². The summed E-state index contributed by atoms with van der Waals surface area (Å²) in [6.45, 7) is 9.65. The first-order valence-electron chi connectivity index (χ1n) is 10.3. The molecule has 0 aromatic heterocycles. The van der Waals surface area contributed by atoms with Gasteiger partial charge in [0.25, 0.3) is 5.91 Å². The second kappa shape index (κ2) is 9.74. The largest absolute Gasteiger partial charge is 0.481 e. The predicted molar refractivity (Wildman–Crippen MR) is 113 cm³/mol. The van der Waals surface area contributed by atoms with Gasteiger partial charge < -0.3 is 10.1 Å². The van der Waals surface area contributed by atoms with Crippen LogP contribution in [0.2, 0.25) is 0 Å². The van der Waals surface area contributed by atoms with Gasteiger partial charge in [0.1, 0.15) is 5.75 Å². The molecule has 0 saturated carbocycles. The van der Waals surface area contributed by atoms with E-state index in [0.29, 0.717) is 6.54 Å². The third-order valence-corrected chi connectivity index (χ3v) is 5.43. The summed E-state index contributed by atoms with van der Waals surface area (Å²) in [5.41, 5.74) is 4.64. The van der Waals surface area contributed by atoms with Crippen molar-refractivity contribution in [2.75, 3.05) is 13.1 Å². The van der Waals surface area contributed by atoms with E-state index in [1.807, 2.05) is 38.1 Å². The third-order valence-electron chi connectivity index (χ3n) is 5.43. The summed E-state index contributed by atoms with van der Waals surface area (Å²) in [6.07, 6.45) is 3.37. The van der Waals surface area contributed by atoms with Crippen molar-refractivity contribution in [2.45, 2.75) is 59.2 Å². The van der Waals surface area contributed by atoms with Gasteiger partial charge in [-0.25, -0.2) is 0 Å². The van der Waals surface area contributed by atoms with E-state index >= 15 is 0 Å². The van der Waals surface area contributed by atoms with Crippen molar-refractivity contribution >= 4 is 5.91 Å². The van der Waals surface area contributed by atoms with Crippen LogP contribution in [0.4, 0.5) is 0 Å². The standard InChI is InChI=1S/C24H32N2O2/c1-18-11-12-19(2)23(15-18)28-20(3)24(27)25-16-21-9-5-6-10-22(21)17-26-13-7-4-8-14-26/h5-6,9-12,15,20H,4,7-8,13-14,16-17H2,1-3H3,(H,25,27)/t20-/m0/s1. The Morgan fingerprint density at radius 2 is 1.79 bits per heavy atom. The van der Waals surface area contributed by atoms with Crippen LogP contribution in [-0.2, 0) is 17.9 Å². The van der Waals surface area contributed by atoms with Crippen molar-refractivity contribution < 1.29 is 9.53 Å². The molecule has 4 nitrogen and oxygen atoms in total. The summed E-state index contributed by atoms with van der Waals surface area (Å²) in [4.78, 5) is 15.1. The number of benzene rings is 2. The molecule has 0 aliphatic carbocycles. The van der Waals surface area contributed by atoms with Gasteiger partial charge in [-0.05, 0) is 75.0 Å². The molecule has 1 aliphatic rings. The van der Waals surface area contributed by atoms with Gasteiger partial charge in [0.15, 0.2) is 6.10 Å². The molecular weight excluding hydrogens is 348 g/mol. The average Bonchev–Trinajstić information content (AvgIpc) is 2.70. The monoisotopic (exact) mass is 380 g/mol. The van der Waals surface area contributed by atoms with E-state index in [2.05, 4.69) is 28.4 Å². The Morgan fingerprint density at radius 3 is 2.54 bits per heavy atom. The van der Waals surface area contributed by atoms with Crippen LogP contribution < -0.4 is 10.1 Å². The molecule has 0 unspecified atom stereocenters. The summed E-state index contributed by atoms with van der Waals surface area (Å²) >= 11 is 0. The highest BCUT2D eigenvalue weighted by Crippen LogP contribution is 2.21. The Hall–Kier alpha value is -2.33. The highest BCUT2D eigenvalue weighted by Gasteiger charge is 2.17. The van der Waals surface area contributed by atoms with Gasteiger partial charge >= 0.3 is 0 Å². The molecule has 1 saturated heterocycles. The molecule has 1 amide bonds. The van der Waals surface area contributed by atoms with E-state index in [4.69, 9.17) is 4.74 Å². The normalized spacial score (nSPS) is 15.8. The van der Waals surface area contributed by atoms with Gasteiger partial charge in [-0.3, -0.25) is 9.69 Å². The quantitative estimate of drug-likeness (QED) is 0.775. The van der Waals surface area contributed by atoms with Crippen LogP contribution in [0.5, 0.6) is 5.75 Å². The van der Waals surface area contributed by atoms with E-state index < -0.39 is 6.10 Å². The average molecular weight is 381 g/mol. The Kier molecular flexibility index (Phi) is 7.10. The summed E-state index contributed by atoms with van der Waals surface area (Å²) in [6, 6.07) is 14.4. The minimum absolute atomic E-state index is 0.0892. The van der Waals surface area contributed by atoms with E-state index in [9.17, 15) is 4.79 Å². The topological polar surface area (TPSA) is 41.6 Å². The van der Waals surface area contributed by atoms with Gasteiger partial charge in [-0.1, -0.05) is 42.8 Å². The molecule has 0 spiro atoms.